The van der Waals surface area contributed by atoms with Crippen LogP contribution in [0.25, 0.3) is 0 Å². The molecule has 1 aliphatic heterocycles. The minimum atomic E-state index is -5.95. The smallest absolute Gasteiger partial charge is 0.383 e. The highest BCUT2D eigenvalue weighted by Crippen LogP contribution is 2.66. The van der Waals surface area contributed by atoms with Crippen LogP contribution < -0.4 is 11.2 Å². The van der Waals surface area contributed by atoms with Crippen molar-refractivity contribution in [2.45, 2.75) is 23.9 Å². The van der Waals surface area contributed by atoms with E-state index in [1.165, 1.54) is 5.92 Å². The molecule has 180 valence electrons. The highest BCUT2D eigenvalue weighted by molar-refractivity contribution is 7.66. The number of phosphoric ester groups is 1. The molecule has 0 saturated carbocycles. The third-order valence-corrected chi connectivity index (χ3v) is 7.42. The molecule has 3 unspecified atom stereocenters. The Bertz CT molecular complexity index is 1190. The van der Waals surface area contributed by atoms with E-state index in [-0.39, 0.29) is 4.57 Å². The summed E-state index contributed by atoms with van der Waals surface area (Å²) in [4.78, 5) is 59.9. The van der Waals surface area contributed by atoms with Crippen LogP contribution in [0.4, 0.5) is 8.78 Å². The summed E-state index contributed by atoms with van der Waals surface area (Å²) in [6.07, 6.45) is 0.153. The zero-order valence-electron chi connectivity index (χ0n) is 15.0. The maximum absolute atomic E-state index is 15.1. The minimum absolute atomic E-state index is 0.247. The van der Waals surface area contributed by atoms with Crippen molar-refractivity contribution in [3.63, 3.8) is 0 Å². The molecule has 6 atom stereocenters. The van der Waals surface area contributed by atoms with Crippen molar-refractivity contribution in [1.82, 2.24) is 9.55 Å². The maximum atomic E-state index is 15.1. The first kappa shape index (κ1) is 26.7. The summed E-state index contributed by atoms with van der Waals surface area (Å²) >= 11 is 0. The van der Waals surface area contributed by atoms with E-state index in [9.17, 15) is 33.3 Å². The van der Waals surface area contributed by atoms with Gasteiger partial charge >= 0.3 is 29.2 Å². The van der Waals surface area contributed by atoms with Crippen LogP contribution in [0.1, 0.15) is 6.23 Å². The number of hydrogen-bond donors (Lipinski definition) is 6. The number of H-pyrrole nitrogens is 1. The first-order chi connectivity index (χ1) is 14.3. The Morgan fingerprint density at radius 3 is 2.28 bits per heavy atom. The number of aliphatic hydroxyl groups excluding tert-OH is 1. The van der Waals surface area contributed by atoms with Gasteiger partial charge in [-0.15, -0.1) is 6.42 Å². The number of rotatable bonds is 8. The van der Waals surface area contributed by atoms with Gasteiger partial charge in [-0.1, -0.05) is 5.92 Å². The molecule has 16 nitrogen and oxygen atoms in total. The van der Waals surface area contributed by atoms with Crippen LogP contribution in [0.5, 0.6) is 0 Å². The van der Waals surface area contributed by atoms with Gasteiger partial charge in [0.2, 0.25) is 5.67 Å². The topological polar surface area (TPSA) is 244 Å². The summed E-state index contributed by atoms with van der Waals surface area (Å²) in [7, 11) is -17.5. The van der Waals surface area contributed by atoms with E-state index in [0.29, 0.717) is 12.3 Å². The molecule has 6 N–H and O–H groups in total. The Hall–Kier alpha value is -1.57. The third-order valence-electron chi connectivity index (χ3n) is 3.64. The zero-order valence-corrected chi connectivity index (χ0v) is 17.7. The Morgan fingerprint density at radius 1 is 1.19 bits per heavy atom. The lowest BCUT2D eigenvalue weighted by Gasteiger charge is -2.25. The van der Waals surface area contributed by atoms with Gasteiger partial charge in [0.1, 0.15) is 6.61 Å². The van der Waals surface area contributed by atoms with Crippen molar-refractivity contribution < 1.29 is 65.0 Å². The Labute approximate surface area is 174 Å². The number of alkyl halides is 2. The molecule has 2 heterocycles. The van der Waals surface area contributed by atoms with Gasteiger partial charge in [0.15, 0.2) is 12.3 Å². The summed E-state index contributed by atoms with van der Waals surface area (Å²) in [6.45, 7) is -1.93. The van der Waals surface area contributed by atoms with Crippen molar-refractivity contribution in [3.05, 3.63) is 33.1 Å². The van der Waals surface area contributed by atoms with E-state index < -0.39 is 65.2 Å². The predicted molar refractivity (Wildman–Crippen MR) is 93.8 cm³/mol. The fourth-order valence-electron chi connectivity index (χ4n) is 2.39. The van der Waals surface area contributed by atoms with Crippen molar-refractivity contribution in [2.75, 3.05) is 6.61 Å². The van der Waals surface area contributed by atoms with Crippen LogP contribution in [0.2, 0.25) is 0 Å². The summed E-state index contributed by atoms with van der Waals surface area (Å²) in [6, 6.07) is 0.693. The molecular formula is C11H13F2N2O14P3. The molecule has 1 fully saturated rings. The third kappa shape index (κ3) is 5.86. The van der Waals surface area contributed by atoms with E-state index in [4.69, 9.17) is 21.1 Å². The quantitative estimate of drug-likeness (QED) is 0.171. The summed E-state index contributed by atoms with van der Waals surface area (Å²) in [5, 5.41) is 10.00. The second-order valence-electron chi connectivity index (χ2n) is 5.95. The molecule has 0 radical (unpaired) electrons. The van der Waals surface area contributed by atoms with Crippen LogP contribution in [-0.2, 0) is 31.6 Å². The second-order valence-corrected chi connectivity index (χ2v) is 10.4. The van der Waals surface area contributed by atoms with Gasteiger partial charge in [-0.25, -0.2) is 27.3 Å². The first-order valence-corrected chi connectivity index (χ1v) is 12.2. The molecular weight excluding hydrogens is 515 g/mol. The van der Waals surface area contributed by atoms with Gasteiger partial charge in [-0.2, -0.15) is 8.62 Å². The standard InChI is InChI=1S/C11H13F2N2O14P3/c1-2-10(12)7(17)11(13,27-8(10)15-4-3-6(16)14-9(15)18)5-26-31(22,23)29-32(24,25)28-30(19,20)21/h1,3-4,7-8,17H,5H2,(H,22,23)(H,24,25)(H,14,16,18)(H2,19,20,21)/t7-,8?,10+,11+/m0/s1. The normalized spacial score (nSPS) is 32.1. The fraction of sp³-hybridized carbons (Fsp3) is 0.455. The predicted octanol–water partition coefficient (Wildman–Crippen LogP) is -1.22. The highest BCUT2D eigenvalue weighted by atomic mass is 31.3. The second kappa shape index (κ2) is 8.65. The average molecular weight is 528 g/mol. The molecule has 1 aromatic heterocycles. The van der Waals surface area contributed by atoms with E-state index in [0.717, 1.165) is 0 Å². The minimum Gasteiger partial charge on any atom is -0.383 e. The van der Waals surface area contributed by atoms with Crippen molar-refractivity contribution in [1.29, 1.82) is 0 Å². The maximum Gasteiger partial charge on any atom is 0.490 e. The number of nitrogens with zero attached hydrogens (tertiary/aromatic N) is 1. The fourth-order valence-corrected chi connectivity index (χ4v) is 5.43. The van der Waals surface area contributed by atoms with Gasteiger partial charge in [0, 0.05) is 12.3 Å². The molecule has 0 bridgehead atoms. The number of phosphoric acid groups is 3. The van der Waals surface area contributed by atoms with E-state index in [1.54, 1.807) is 4.98 Å². The largest absolute Gasteiger partial charge is 0.490 e. The average Bonchev–Trinajstić information content (AvgIpc) is 2.80. The molecule has 32 heavy (non-hydrogen) atoms. The van der Waals surface area contributed by atoms with Crippen LogP contribution in [0, 0.1) is 12.3 Å². The van der Waals surface area contributed by atoms with Gasteiger partial charge in [0.25, 0.3) is 11.4 Å². The summed E-state index contributed by atoms with van der Waals surface area (Å²) in [5.74, 6) is -2.45. The van der Waals surface area contributed by atoms with Crippen LogP contribution in [-0.4, -0.2) is 58.5 Å². The SMILES string of the molecule is C#C[C@]1(F)C(n2ccc(=O)[nH]c2=O)O[C@](F)(COP(=O)(O)OP(=O)(O)OP(=O)(O)O)[C@H]1O. The Kier molecular flexibility index (Phi) is 7.21. The molecule has 0 aliphatic carbocycles. The number of aliphatic hydroxyl groups is 1. The molecule has 21 heteroatoms. The van der Waals surface area contributed by atoms with Crippen LogP contribution >= 0.6 is 23.5 Å². The van der Waals surface area contributed by atoms with E-state index >= 15 is 8.78 Å². The Morgan fingerprint density at radius 2 is 1.78 bits per heavy atom. The lowest BCUT2D eigenvalue weighted by atomic mass is 9.96. The number of aromatic amines is 1. The number of terminal acetylenes is 1. The molecule has 2 rings (SSSR count). The first-order valence-electron chi connectivity index (χ1n) is 7.65. The molecule has 1 aromatic rings. The van der Waals surface area contributed by atoms with Gasteiger partial charge in [0.05, 0.1) is 0 Å². The van der Waals surface area contributed by atoms with E-state index in [2.05, 4.69) is 17.9 Å². The number of nitrogens with one attached hydrogen (secondary N) is 1. The number of hydrogen-bond acceptors (Lipinski definition) is 10. The summed E-state index contributed by atoms with van der Waals surface area (Å²) < 4.78 is 79.4. The van der Waals surface area contributed by atoms with Crippen molar-refractivity contribution >= 4 is 23.5 Å². The monoisotopic (exact) mass is 528 g/mol. The lowest BCUT2D eigenvalue weighted by molar-refractivity contribution is -0.204. The molecule has 1 saturated heterocycles. The summed E-state index contributed by atoms with van der Waals surface area (Å²) in [5.41, 5.74) is -5.80. The van der Waals surface area contributed by atoms with E-state index in [1.807, 2.05) is 0 Å². The molecule has 0 amide bonds. The number of ether oxygens (including phenoxy) is 1. The van der Waals surface area contributed by atoms with Gasteiger partial charge in [-0.05, 0) is 0 Å². The molecule has 1 aliphatic rings. The van der Waals surface area contributed by atoms with Crippen LogP contribution in [0.15, 0.2) is 21.9 Å². The zero-order chi connectivity index (χ0) is 24.8. The van der Waals surface area contributed by atoms with Gasteiger partial charge < -0.3 is 29.4 Å². The lowest BCUT2D eigenvalue weighted by Crippen LogP contribution is -2.48. The number of aromatic nitrogens is 2. The van der Waals surface area contributed by atoms with Crippen molar-refractivity contribution in [2.24, 2.45) is 0 Å². The van der Waals surface area contributed by atoms with Crippen LogP contribution in [0.3, 0.4) is 0 Å². The van der Waals surface area contributed by atoms with Crippen molar-refractivity contribution in [3.8, 4) is 12.3 Å². The molecule has 0 spiro atoms. The number of halogens is 2. The Balaban J connectivity index is 2.28. The van der Waals surface area contributed by atoms with Gasteiger partial charge in [-0.3, -0.25) is 18.9 Å². The highest BCUT2D eigenvalue weighted by Gasteiger charge is 2.67. The molecule has 0 aromatic carbocycles.